The number of nitrogens with one attached hydrogen (secondary N) is 1. The lowest BCUT2D eigenvalue weighted by Crippen LogP contribution is -2.23. The minimum Gasteiger partial charge on any atom is -0.321 e. The number of benzene rings is 2. The molecule has 0 atom stereocenters. The molecular formula is C22H17F3N2O4S. The van der Waals surface area contributed by atoms with Gasteiger partial charge in [-0.1, -0.05) is 30.3 Å². The Labute approximate surface area is 182 Å². The Kier molecular flexibility index (Phi) is 6.45. The number of halogens is 3. The summed E-state index contributed by atoms with van der Waals surface area (Å²) in [5, 5.41) is 2.65. The van der Waals surface area contributed by atoms with Crippen molar-refractivity contribution in [2.24, 2.45) is 0 Å². The topological polar surface area (TPSA) is 93.2 Å². The van der Waals surface area contributed by atoms with Crippen LogP contribution >= 0.6 is 0 Å². The fraction of sp³-hybridized carbons (Fsp3) is 0.136. The van der Waals surface area contributed by atoms with Gasteiger partial charge in [0.1, 0.15) is 0 Å². The molecule has 0 saturated carbocycles. The van der Waals surface area contributed by atoms with Crippen LogP contribution in [0.1, 0.15) is 31.8 Å². The Morgan fingerprint density at radius 3 is 2.41 bits per heavy atom. The van der Waals surface area contributed by atoms with E-state index in [4.69, 9.17) is 0 Å². The molecule has 0 bridgehead atoms. The molecule has 1 amide bonds. The minimum absolute atomic E-state index is 0.0403. The molecule has 10 heteroatoms. The fourth-order valence-corrected chi connectivity index (χ4v) is 3.81. The number of carbonyl (C=O) groups is 2. The van der Waals surface area contributed by atoms with E-state index in [0.29, 0.717) is 5.56 Å². The van der Waals surface area contributed by atoms with Crippen LogP contribution in [0.4, 0.5) is 18.9 Å². The van der Waals surface area contributed by atoms with Crippen LogP contribution in [0.25, 0.3) is 0 Å². The largest absolute Gasteiger partial charge is 0.501 e. The van der Waals surface area contributed by atoms with Crippen LogP contribution in [0.2, 0.25) is 0 Å². The van der Waals surface area contributed by atoms with E-state index in [1.807, 2.05) is 0 Å². The number of alkyl halides is 3. The van der Waals surface area contributed by atoms with E-state index in [2.05, 4.69) is 10.3 Å². The van der Waals surface area contributed by atoms with Crippen LogP contribution in [-0.4, -0.2) is 30.6 Å². The molecule has 1 heterocycles. The normalized spacial score (nSPS) is 11.8. The number of amides is 1. The highest BCUT2D eigenvalue weighted by atomic mass is 32.2. The average Bonchev–Trinajstić information content (AvgIpc) is 2.73. The molecule has 0 aliphatic rings. The number of sulfone groups is 1. The van der Waals surface area contributed by atoms with Crippen LogP contribution < -0.4 is 5.32 Å². The van der Waals surface area contributed by atoms with Gasteiger partial charge in [-0.05, 0) is 42.3 Å². The zero-order chi connectivity index (χ0) is 23.5. The zero-order valence-electron chi connectivity index (χ0n) is 16.7. The number of ketones is 1. The van der Waals surface area contributed by atoms with Crippen LogP contribution in [-0.2, 0) is 16.3 Å². The average molecular weight is 462 g/mol. The molecule has 1 N–H and O–H groups in total. The number of carbonyl (C=O) groups excluding carboxylic acids is 2. The molecule has 0 aliphatic carbocycles. The van der Waals surface area contributed by atoms with Gasteiger partial charge in [0.25, 0.3) is 15.7 Å². The third kappa shape index (κ3) is 4.86. The first-order valence-corrected chi connectivity index (χ1v) is 10.7. The van der Waals surface area contributed by atoms with Crippen molar-refractivity contribution in [3.63, 3.8) is 0 Å². The summed E-state index contributed by atoms with van der Waals surface area (Å²) < 4.78 is 61.7. The maximum absolute atomic E-state index is 12.8. The summed E-state index contributed by atoms with van der Waals surface area (Å²) in [5.41, 5.74) is -4.02. The summed E-state index contributed by atoms with van der Waals surface area (Å²) >= 11 is 0. The third-order valence-electron chi connectivity index (χ3n) is 4.64. The minimum atomic E-state index is -5.54. The molecule has 0 spiro atoms. The first-order valence-electron chi connectivity index (χ1n) is 9.25. The molecule has 6 nitrogen and oxygen atoms in total. The number of aryl methyl sites for hydroxylation is 1. The van der Waals surface area contributed by atoms with Crippen molar-refractivity contribution in [2.45, 2.75) is 23.7 Å². The second-order valence-corrected chi connectivity index (χ2v) is 8.83. The summed E-state index contributed by atoms with van der Waals surface area (Å²) in [4.78, 5) is 28.3. The van der Waals surface area contributed by atoms with Gasteiger partial charge in [0.2, 0.25) is 0 Å². The van der Waals surface area contributed by atoms with Crippen molar-refractivity contribution in [1.82, 2.24) is 4.98 Å². The summed E-state index contributed by atoms with van der Waals surface area (Å²) in [5.74, 6) is -0.999. The maximum atomic E-state index is 12.8. The number of pyridine rings is 1. The number of rotatable bonds is 6. The SMILES string of the molecule is Cc1ccccc1C(=O)Nc1ccncc1C(=O)Cc1cccc(S(=O)(=O)C(F)(F)F)c1. The molecule has 3 aromatic rings. The van der Waals surface area contributed by atoms with E-state index in [1.165, 1.54) is 24.5 Å². The quantitative estimate of drug-likeness (QED) is 0.550. The van der Waals surface area contributed by atoms with Crippen LogP contribution in [0.3, 0.4) is 0 Å². The second kappa shape index (κ2) is 8.91. The monoisotopic (exact) mass is 462 g/mol. The van der Waals surface area contributed by atoms with Crippen molar-refractivity contribution < 1.29 is 31.2 Å². The Bertz CT molecular complexity index is 1290. The van der Waals surface area contributed by atoms with E-state index >= 15 is 0 Å². The Hall–Kier alpha value is -3.53. The standard InChI is InChI=1S/C22H17F3N2O4S/c1-14-5-2-3-8-17(14)21(29)27-19-9-10-26-13-18(19)20(28)12-15-6-4-7-16(11-15)32(30,31)22(23,24)25/h2-11,13H,12H2,1H3,(H,26,27,29). The van der Waals surface area contributed by atoms with E-state index < -0.39 is 31.9 Å². The molecule has 0 saturated heterocycles. The summed E-state index contributed by atoms with van der Waals surface area (Å²) in [7, 11) is -5.54. The third-order valence-corrected chi connectivity index (χ3v) is 6.12. The van der Waals surface area contributed by atoms with Crippen LogP contribution in [0.15, 0.2) is 71.9 Å². The predicted octanol–water partition coefficient (Wildman–Crippen LogP) is 4.36. The molecule has 32 heavy (non-hydrogen) atoms. The number of anilines is 1. The number of aromatic nitrogens is 1. The number of hydrogen-bond donors (Lipinski definition) is 1. The summed E-state index contributed by atoms with van der Waals surface area (Å²) in [6.45, 7) is 1.76. The van der Waals surface area contributed by atoms with Crippen molar-refractivity contribution in [3.05, 3.63) is 89.2 Å². The maximum Gasteiger partial charge on any atom is 0.501 e. The smallest absolute Gasteiger partial charge is 0.321 e. The number of hydrogen-bond acceptors (Lipinski definition) is 5. The molecular weight excluding hydrogens is 445 g/mol. The Balaban J connectivity index is 1.85. The van der Waals surface area contributed by atoms with Crippen LogP contribution in [0.5, 0.6) is 0 Å². The van der Waals surface area contributed by atoms with E-state index in [9.17, 15) is 31.2 Å². The van der Waals surface area contributed by atoms with Gasteiger partial charge in [0.15, 0.2) is 5.78 Å². The van der Waals surface area contributed by atoms with Gasteiger partial charge < -0.3 is 5.32 Å². The molecule has 1 aromatic heterocycles. The zero-order valence-corrected chi connectivity index (χ0v) is 17.5. The second-order valence-electron chi connectivity index (χ2n) is 6.89. The molecule has 2 aromatic carbocycles. The van der Waals surface area contributed by atoms with E-state index in [-0.39, 0.29) is 23.2 Å². The number of Topliss-reactive ketones (excluding diaryl/α,β-unsaturated/α-hetero) is 1. The Morgan fingerprint density at radius 1 is 1.00 bits per heavy atom. The predicted molar refractivity (Wildman–Crippen MR) is 111 cm³/mol. The molecule has 0 aliphatic heterocycles. The number of nitrogens with zero attached hydrogens (tertiary/aromatic N) is 1. The first-order chi connectivity index (χ1) is 15.0. The van der Waals surface area contributed by atoms with Crippen molar-refractivity contribution in [3.8, 4) is 0 Å². The highest BCUT2D eigenvalue weighted by Crippen LogP contribution is 2.30. The van der Waals surface area contributed by atoms with Crippen molar-refractivity contribution >= 4 is 27.2 Å². The molecule has 166 valence electrons. The van der Waals surface area contributed by atoms with Crippen molar-refractivity contribution in [2.75, 3.05) is 5.32 Å². The van der Waals surface area contributed by atoms with Gasteiger partial charge in [0.05, 0.1) is 16.1 Å². The van der Waals surface area contributed by atoms with Gasteiger partial charge in [-0.25, -0.2) is 8.42 Å². The highest BCUT2D eigenvalue weighted by Gasteiger charge is 2.46. The molecule has 0 unspecified atom stereocenters. The van der Waals surface area contributed by atoms with E-state index in [1.54, 1.807) is 31.2 Å². The van der Waals surface area contributed by atoms with Gasteiger partial charge in [-0.2, -0.15) is 13.2 Å². The molecule has 0 radical (unpaired) electrons. The molecule has 0 fully saturated rings. The summed E-state index contributed by atoms with van der Waals surface area (Å²) in [6.07, 6.45) is 2.22. The molecule has 3 rings (SSSR count). The lowest BCUT2D eigenvalue weighted by atomic mass is 10.0. The van der Waals surface area contributed by atoms with Gasteiger partial charge >= 0.3 is 5.51 Å². The Morgan fingerprint density at radius 2 is 1.72 bits per heavy atom. The van der Waals surface area contributed by atoms with E-state index in [0.717, 1.165) is 23.8 Å². The summed E-state index contributed by atoms with van der Waals surface area (Å²) in [6, 6.07) is 12.4. The van der Waals surface area contributed by atoms with Gasteiger partial charge in [0, 0.05) is 24.4 Å². The first kappa shape index (κ1) is 23.1. The van der Waals surface area contributed by atoms with Crippen LogP contribution in [0, 0.1) is 6.92 Å². The highest BCUT2D eigenvalue weighted by molar-refractivity contribution is 7.92. The fourth-order valence-electron chi connectivity index (χ4n) is 2.98. The van der Waals surface area contributed by atoms with Gasteiger partial charge in [-0.15, -0.1) is 0 Å². The van der Waals surface area contributed by atoms with Gasteiger partial charge in [-0.3, -0.25) is 14.6 Å². The van der Waals surface area contributed by atoms with Crippen molar-refractivity contribution in [1.29, 1.82) is 0 Å². The lowest BCUT2D eigenvalue weighted by Gasteiger charge is -2.12. The lowest BCUT2D eigenvalue weighted by molar-refractivity contribution is -0.0436.